The number of rotatable bonds is 4. The van der Waals surface area contributed by atoms with Gasteiger partial charge in [-0.2, -0.15) is 0 Å². The van der Waals surface area contributed by atoms with Gasteiger partial charge in [-0.15, -0.1) is 21.6 Å². The zero-order valence-electron chi connectivity index (χ0n) is 24.1. The number of nitrogens with zero attached hydrogens (tertiary/aromatic N) is 5. The van der Waals surface area contributed by atoms with Crippen LogP contribution in [0.3, 0.4) is 0 Å². The molecule has 41 heavy (non-hydrogen) atoms. The highest BCUT2D eigenvalue weighted by atomic mass is 32.1. The number of thiophene rings is 1. The summed E-state index contributed by atoms with van der Waals surface area (Å²) in [6.07, 6.45) is 7.84. The molecular formula is C31H35N5O3S2. The number of hydrogen-bond acceptors (Lipinski definition) is 8. The molecule has 10 heteroatoms. The number of furan rings is 1. The van der Waals surface area contributed by atoms with Crippen molar-refractivity contribution < 1.29 is 14.0 Å². The van der Waals surface area contributed by atoms with Gasteiger partial charge in [-0.25, -0.2) is 0 Å². The van der Waals surface area contributed by atoms with E-state index >= 15 is 0 Å². The maximum absolute atomic E-state index is 13.5. The molecule has 1 aliphatic carbocycles. The monoisotopic (exact) mass is 589 g/mol. The number of carbonyl (C=O) groups is 2. The van der Waals surface area contributed by atoms with Crippen LogP contribution in [-0.2, 0) is 9.59 Å². The van der Waals surface area contributed by atoms with Gasteiger partial charge in [0.1, 0.15) is 11.2 Å². The van der Waals surface area contributed by atoms with Crippen LogP contribution in [-0.4, -0.2) is 52.4 Å². The van der Waals surface area contributed by atoms with Crippen molar-refractivity contribution in [2.24, 2.45) is 10.2 Å². The zero-order chi connectivity index (χ0) is 29.1. The lowest BCUT2D eigenvalue weighted by atomic mass is 9.80. The highest BCUT2D eigenvalue weighted by Gasteiger charge is 2.41. The molecular weight excluding hydrogens is 555 g/mol. The third-order valence-electron chi connectivity index (χ3n) is 8.80. The molecule has 2 aromatic heterocycles. The number of benzene rings is 1. The Morgan fingerprint density at radius 1 is 1.05 bits per heavy atom. The maximum Gasteiger partial charge on any atom is 0.265 e. The van der Waals surface area contributed by atoms with Gasteiger partial charge in [-0.05, 0) is 87.2 Å². The number of carbonyl (C=O) groups excluding carboxylic acids is 2. The van der Waals surface area contributed by atoms with E-state index in [0.717, 1.165) is 47.4 Å². The smallest absolute Gasteiger partial charge is 0.265 e. The molecule has 2 fully saturated rings. The number of fused-ring (bicyclic) bond motifs is 2. The summed E-state index contributed by atoms with van der Waals surface area (Å²) in [5, 5.41) is 9.10. The topological polar surface area (TPSA) is 81.7 Å². The average Bonchev–Trinajstić information content (AvgIpc) is 3.51. The lowest BCUT2D eigenvalue weighted by molar-refractivity contribution is -0.134. The first-order valence-electron chi connectivity index (χ1n) is 14.2. The van der Waals surface area contributed by atoms with E-state index in [-0.39, 0.29) is 29.0 Å². The Labute approximate surface area is 249 Å². The highest BCUT2D eigenvalue weighted by Crippen LogP contribution is 2.44. The first-order valence-corrected chi connectivity index (χ1v) is 15.5. The fourth-order valence-corrected chi connectivity index (χ4v) is 7.63. The van der Waals surface area contributed by atoms with Crippen LogP contribution in [0.2, 0.25) is 0 Å². The van der Waals surface area contributed by atoms with Gasteiger partial charge in [0, 0.05) is 42.3 Å². The molecule has 2 amide bonds. The second kappa shape index (κ2) is 10.5. The number of thiocarbonyl (C=S) groups is 1. The molecule has 1 atom stereocenters. The fraction of sp³-hybridized carbons (Fsp3) is 0.452. The Kier molecular flexibility index (Phi) is 7.10. The van der Waals surface area contributed by atoms with E-state index in [1.165, 1.54) is 33.9 Å². The van der Waals surface area contributed by atoms with E-state index in [2.05, 4.69) is 55.1 Å². The van der Waals surface area contributed by atoms with Gasteiger partial charge in [0.05, 0.1) is 10.4 Å². The van der Waals surface area contributed by atoms with E-state index < -0.39 is 0 Å². The predicted molar refractivity (Wildman–Crippen MR) is 167 cm³/mol. The van der Waals surface area contributed by atoms with Gasteiger partial charge in [0.25, 0.3) is 11.8 Å². The lowest BCUT2D eigenvalue weighted by Gasteiger charge is -2.45. The second-order valence-electron chi connectivity index (χ2n) is 12.1. The van der Waals surface area contributed by atoms with Gasteiger partial charge in [0.15, 0.2) is 5.11 Å². The number of anilines is 1. The Bertz CT molecular complexity index is 1580. The van der Waals surface area contributed by atoms with Crippen LogP contribution >= 0.6 is 23.6 Å². The van der Waals surface area contributed by atoms with Crippen molar-refractivity contribution in [3.8, 4) is 0 Å². The summed E-state index contributed by atoms with van der Waals surface area (Å²) >= 11 is 6.96. The fourth-order valence-electron chi connectivity index (χ4n) is 6.36. The van der Waals surface area contributed by atoms with Crippen LogP contribution in [0.15, 0.2) is 50.6 Å². The largest absolute Gasteiger partial charge is 0.436 e. The number of amides is 2. The normalized spacial score (nSPS) is 23.0. The molecule has 6 rings (SSSR count). The molecule has 8 nitrogen and oxygen atoms in total. The van der Waals surface area contributed by atoms with E-state index in [0.29, 0.717) is 22.5 Å². The van der Waals surface area contributed by atoms with E-state index in [4.69, 9.17) is 16.6 Å². The van der Waals surface area contributed by atoms with Gasteiger partial charge in [-0.1, -0.05) is 26.2 Å². The van der Waals surface area contributed by atoms with Crippen LogP contribution in [0.5, 0.6) is 0 Å². The average molecular weight is 590 g/mol. The SMILES string of the molecule is CC1CC(C)(C)N(C)c2ccc(N=Nc3cc4sc(/C=C5\C(=O)N(C)C(=S)N(C6CCCCC6)C5=O)cc4o3)cc21. The number of azo groups is 1. The van der Waals surface area contributed by atoms with Gasteiger partial charge in [-0.3, -0.25) is 19.4 Å². The molecule has 3 aromatic rings. The van der Waals surface area contributed by atoms with E-state index in [1.54, 1.807) is 18.0 Å². The summed E-state index contributed by atoms with van der Waals surface area (Å²) in [6.45, 7) is 6.81. The molecule has 214 valence electrons. The van der Waals surface area contributed by atoms with E-state index in [9.17, 15) is 9.59 Å². The maximum atomic E-state index is 13.5. The minimum Gasteiger partial charge on any atom is -0.436 e. The minimum atomic E-state index is -0.374. The van der Waals surface area contributed by atoms with Crippen molar-refractivity contribution in [1.29, 1.82) is 0 Å². The van der Waals surface area contributed by atoms with Crippen LogP contribution < -0.4 is 4.90 Å². The van der Waals surface area contributed by atoms with Gasteiger partial charge in [0.2, 0.25) is 5.88 Å². The molecule has 1 unspecified atom stereocenters. The first kappa shape index (κ1) is 27.8. The summed E-state index contributed by atoms with van der Waals surface area (Å²) in [6, 6.07) is 9.93. The second-order valence-corrected chi connectivity index (χ2v) is 13.5. The molecule has 1 aromatic carbocycles. The van der Waals surface area contributed by atoms with E-state index in [1.807, 2.05) is 18.2 Å². The first-order chi connectivity index (χ1) is 19.5. The summed E-state index contributed by atoms with van der Waals surface area (Å²) in [4.78, 5) is 32.7. The van der Waals surface area contributed by atoms with Crippen LogP contribution in [0.1, 0.15) is 75.7 Å². The Morgan fingerprint density at radius 2 is 1.80 bits per heavy atom. The quantitative estimate of drug-likeness (QED) is 0.134. The molecule has 0 spiro atoms. The summed E-state index contributed by atoms with van der Waals surface area (Å²) < 4.78 is 6.82. The zero-order valence-corrected chi connectivity index (χ0v) is 25.8. The summed E-state index contributed by atoms with van der Waals surface area (Å²) in [5.41, 5.74) is 4.18. The van der Waals surface area contributed by atoms with Crippen LogP contribution in [0.25, 0.3) is 16.4 Å². The lowest BCUT2D eigenvalue weighted by Crippen LogP contribution is -2.58. The molecule has 0 bridgehead atoms. The molecule has 3 aliphatic rings. The van der Waals surface area contributed by atoms with Gasteiger partial charge >= 0.3 is 0 Å². The van der Waals surface area contributed by atoms with Crippen molar-refractivity contribution >= 4 is 74.1 Å². The minimum absolute atomic E-state index is 0.0429. The van der Waals surface area contributed by atoms with Crippen LogP contribution in [0, 0.1) is 0 Å². The molecule has 2 aliphatic heterocycles. The third-order valence-corrected chi connectivity index (χ3v) is 10.3. The molecule has 1 saturated carbocycles. The Balaban J connectivity index is 1.22. The van der Waals surface area contributed by atoms with Crippen molar-refractivity contribution in [3.05, 3.63) is 46.3 Å². The van der Waals surface area contributed by atoms with Crippen molar-refractivity contribution in [1.82, 2.24) is 9.80 Å². The molecule has 4 heterocycles. The highest BCUT2D eigenvalue weighted by molar-refractivity contribution is 7.80. The van der Waals surface area contributed by atoms with Crippen molar-refractivity contribution in [3.63, 3.8) is 0 Å². The van der Waals surface area contributed by atoms with Gasteiger partial charge < -0.3 is 9.32 Å². The standard InChI is InChI=1S/C31H35N5O3S2/c1-18-17-31(2,3)35(5)24-12-11-19(13-22(18)24)32-33-27-16-26-25(39-27)15-21(41-26)14-23-28(37)34(4)30(40)36(29(23)38)20-9-7-6-8-10-20/h11-16,18,20H,6-10,17H2,1-5H3/b23-14+,33-32?. The Morgan fingerprint density at radius 3 is 2.54 bits per heavy atom. The molecule has 0 radical (unpaired) electrons. The molecule has 1 saturated heterocycles. The van der Waals surface area contributed by atoms with Crippen molar-refractivity contribution in [2.45, 2.75) is 76.8 Å². The molecule has 0 N–H and O–H groups in total. The number of likely N-dealkylation sites (N-methyl/N-ethyl adjacent to an activating group) is 1. The van der Waals surface area contributed by atoms with Crippen LogP contribution in [0.4, 0.5) is 17.3 Å². The summed E-state index contributed by atoms with van der Waals surface area (Å²) in [5.74, 6) is 0.160. The number of hydrogen-bond donors (Lipinski definition) is 0. The Hall–Kier alpha value is -3.37. The summed E-state index contributed by atoms with van der Waals surface area (Å²) in [7, 11) is 3.78. The third kappa shape index (κ3) is 5.01. The van der Waals surface area contributed by atoms with Crippen molar-refractivity contribution in [2.75, 3.05) is 19.0 Å². The predicted octanol–water partition coefficient (Wildman–Crippen LogP) is 7.93.